The van der Waals surface area contributed by atoms with E-state index >= 15 is 0 Å². The van der Waals surface area contributed by atoms with E-state index in [1.165, 1.54) is 45.2 Å². The molecule has 0 N–H and O–H groups in total. The van der Waals surface area contributed by atoms with Gasteiger partial charge in [-0.2, -0.15) is 0 Å². The molecule has 1 aliphatic carbocycles. The molecule has 0 heterocycles. The maximum atomic E-state index is 5.73. The predicted molar refractivity (Wildman–Crippen MR) is 64.0 cm³/mol. The van der Waals surface area contributed by atoms with E-state index in [4.69, 9.17) is 11.6 Å². The van der Waals surface area contributed by atoms with Crippen LogP contribution < -0.4 is 0 Å². The van der Waals surface area contributed by atoms with E-state index in [-0.39, 0.29) is 0 Å². The molecule has 1 saturated carbocycles. The lowest BCUT2D eigenvalue weighted by Gasteiger charge is -2.22. The fourth-order valence-electron chi connectivity index (χ4n) is 1.92. The van der Waals surface area contributed by atoms with E-state index < -0.39 is 0 Å². The normalized spacial score (nSPS) is 18.9. The van der Waals surface area contributed by atoms with Crippen molar-refractivity contribution in [2.75, 3.05) is 19.0 Å². The monoisotopic (exact) mass is 217 g/mol. The number of hydrogen-bond donors (Lipinski definition) is 0. The van der Waals surface area contributed by atoms with E-state index in [1.54, 1.807) is 0 Å². The minimum atomic E-state index is 0.797. The molecule has 0 radical (unpaired) electrons. The summed E-state index contributed by atoms with van der Waals surface area (Å²) in [6.07, 6.45) is 6.66. The van der Waals surface area contributed by atoms with Crippen molar-refractivity contribution >= 4 is 11.6 Å². The molecule has 1 nitrogen and oxygen atoms in total. The smallest absolute Gasteiger partial charge is 0.0225 e. The third-order valence-electron chi connectivity index (χ3n) is 3.09. The fourth-order valence-corrected chi connectivity index (χ4v) is 2.29. The number of rotatable bonds is 8. The van der Waals surface area contributed by atoms with E-state index in [9.17, 15) is 0 Å². The number of alkyl halides is 1. The van der Waals surface area contributed by atoms with Crippen LogP contribution in [-0.4, -0.2) is 29.9 Å². The topological polar surface area (TPSA) is 3.24 Å². The molecule has 0 bridgehead atoms. The molecule has 0 aromatic rings. The quantitative estimate of drug-likeness (QED) is 0.563. The summed E-state index contributed by atoms with van der Waals surface area (Å²) in [7, 11) is 0. The van der Waals surface area contributed by atoms with Crippen LogP contribution in [0.3, 0.4) is 0 Å². The van der Waals surface area contributed by atoms with E-state index in [1.807, 2.05) is 0 Å². The Balaban J connectivity index is 2.12. The zero-order valence-electron chi connectivity index (χ0n) is 9.64. The van der Waals surface area contributed by atoms with Gasteiger partial charge in [0.1, 0.15) is 0 Å². The summed E-state index contributed by atoms with van der Waals surface area (Å²) in [5.74, 6) is 1.61. The first-order valence-electron chi connectivity index (χ1n) is 6.08. The van der Waals surface area contributed by atoms with Crippen LogP contribution in [-0.2, 0) is 0 Å². The first-order valence-corrected chi connectivity index (χ1v) is 6.61. The van der Waals surface area contributed by atoms with Crippen molar-refractivity contribution in [3.8, 4) is 0 Å². The highest BCUT2D eigenvalue weighted by Gasteiger charge is 2.27. The predicted octanol–water partition coefficient (Wildman–Crippen LogP) is 3.52. The Morgan fingerprint density at radius 3 is 2.50 bits per heavy atom. The lowest BCUT2D eigenvalue weighted by molar-refractivity contribution is 0.244. The van der Waals surface area contributed by atoms with Crippen LogP contribution in [0.4, 0.5) is 0 Å². The Morgan fingerprint density at radius 1 is 1.29 bits per heavy atom. The molecule has 0 aliphatic heterocycles. The highest BCUT2D eigenvalue weighted by atomic mass is 35.5. The molecule has 1 aliphatic rings. The van der Waals surface area contributed by atoms with E-state index in [0.29, 0.717) is 0 Å². The molecule has 0 aromatic heterocycles. The molecule has 1 atom stereocenters. The average Bonchev–Trinajstić information content (AvgIpc) is 2.96. The van der Waals surface area contributed by atoms with Gasteiger partial charge in [0, 0.05) is 11.9 Å². The third-order valence-corrected chi connectivity index (χ3v) is 3.30. The first-order chi connectivity index (χ1) is 6.77. The standard InChI is InChI=1S/C12H24ClN/c1-3-9-14(12-4-5-12)10-7-11(2)6-8-13/h11-12H,3-10H2,1-2H3. The van der Waals surface area contributed by atoms with Gasteiger partial charge in [0.15, 0.2) is 0 Å². The van der Waals surface area contributed by atoms with Crippen LogP contribution in [0, 0.1) is 5.92 Å². The first kappa shape index (κ1) is 12.3. The molecule has 14 heavy (non-hydrogen) atoms. The van der Waals surface area contributed by atoms with Gasteiger partial charge in [0.2, 0.25) is 0 Å². The number of halogens is 1. The molecule has 1 fully saturated rings. The average molecular weight is 218 g/mol. The lowest BCUT2D eigenvalue weighted by atomic mass is 10.0. The molecule has 0 amide bonds. The fraction of sp³-hybridized carbons (Fsp3) is 1.00. The second kappa shape index (κ2) is 6.68. The van der Waals surface area contributed by atoms with Gasteiger partial charge in [-0.1, -0.05) is 13.8 Å². The zero-order valence-corrected chi connectivity index (χ0v) is 10.4. The third kappa shape index (κ3) is 4.65. The van der Waals surface area contributed by atoms with Crippen molar-refractivity contribution in [1.82, 2.24) is 4.90 Å². The number of hydrogen-bond acceptors (Lipinski definition) is 1. The molecular formula is C12H24ClN. The largest absolute Gasteiger partial charge is 0.300 e. The molecular weight excluding hydrogens is 194 g/mol. The maximum absolute atomic E-state index is 5.73. The van der Waals surface area contributed by atoms with Crippen molar-refractivity contribution < 1.29 is 0 Å². The molecule has 84 valence electrons. The van der Waals surface area contributed by atoms with E-state index in [2.05, 4.69) is 18.7 Å². The van der Waals surface area contributed by atoms with Crippen LogP contribution >= 0.6 is 11.6 Å². The highest BCUT2D eigenvalue weighted by Crippen LogP contribution is 2.27. The molecule has 1 unspecified atom stereocenters. The zero-order chi connectivity index (χ0) is 10.4. The van der Waals surface area contributed by atoms with Gasteiger partial charge in [-0.05, 0) is 51.1 Å². The summed E-state index contributed by atoms with van der Waals surface area (Å²) in [5.41, 5.74) is 0. The van der Waals surface area contributed by atoms with Gasteiger partial charge in [0.05, 0.1) is 0 Å². The van der Waals surface area contributed by atoms with Crippen molar-refractivity contribution in [2.24, 2.45) is 5.92 Å². The summed E-state index contributed by atoms with van der Waals surface area (Å²) in [4.78, 5) is 2.67. The van der Waals surface area contributed by atoms with Gasteiger partial charge in [-0.15, -0.1) is 11.6 Å². The van der Waals surface area contributed by atoms with Crippen molar-refractivity contribution in [1.29, 1.82) is 0 Å². The second-order valence-electron chi connectivity index (χ2n) is 4.64. The van der Waals surface area contributed by atoms with Gasteiger partial charge in [-0.3, -0.25) is 0 Å². The van der Waals surface area contributed by atoms with Crippen molar-refractivity contribution in [3.05, 3.63) is 0 Å². The minimum Gasteiger partial charge on any atom is -0.300 e. The molecule has 2 heteroatoms. The SMILES string of the molecule is CCCN(CCC(C)CCCl)C1CC1. The Bertz CT molecular complexity index is 145. The van der Waals surface area contributed by atoms with Crippen molar-refractivity contribution in [3.63, 3.8) is 0 Å². The summed E-state index contributed by atoms with van der Waals surface area (Å²) in [5, 5.41) is 0. The Kier molecular flexibility index (Phi) is 5.88. The summed E-state index contributed by atoms with van der Waals surface area (Å²) in [6, 6.07) is 0.929. The molecule has 0 spiro atoms. The van der Waals surface area contributed by atoms with Gasteiger partial charge in [0.25, 0.3) is 0 Å². The summed E-state index contributed by atoms with van der Waals surface area (Å²) >= 11 is 5.73. The van der Waals surface area contributed by atoms with Crippen LogP contribution in [0.2, 0.25) is 0 Å². The summed E-state index contributed by atoms with van der Waals surface area (Å²) < 4.78 is 0. The molecule has 0 aromatic carbocycles. The van der Waals surface area contributed by atoms with Crippen LogP contribution in [0.5, 0.6) is 0 Å². The highest BCUT2D eigenvalue weighted by molar-refractivity contribution is 6.17. The minimum absolute atomic E-state index is 0.797. The lowest BCUT2D eigenvalue weighted by Crippen LogP contribution is -2.29. The summed E-state index contributed by atoms with van der Waals surface area (Å²) in [6.45, 7) is 7.17. The Hall–Kier alpha value is 0.250. The number of nitrogens with zero attached hydrogens (tertiary/aromatic N) is 1. The van der Waals surface area contributed by atoms with Gasteiger partial charge >= 0.3 is 0 Å². The molecule has 1 rings (SSSR count). The maximum Gasteiger partial charge on any atom is 0.0225 e. The van der Waals surface area contributed by atoms with Gasteiger partial charge in [-0.25, -0.2) is 0 Å². The Labute approximate surface area is 93.8 Å². The van der Waals surface area contributed by atoms with E-state index in [0.717, 1.165) is 17.8 Å². The second-order valence-corrected chi connectivity index (χ2v) is 5.02. The van der Waals surface area contributed by atoms with Crippen LogP contribution in [0.15, 0.2) is 0 Å². The Morgan fingerprint density at radius 2 is 2.00 bits per heavy atom. The molecule has 0 saturated heterocycles. The van der Waals surface area contributed by atoms with Gasteiger partial charge < -0.3 is 4.90 Å². The van der Waals surface area contributed by atoms with Crippen LogP contribution in [0.1, 0.15) is 46.0 Å². The van der Waals surface area contributed by atoms with Crippen molar-refractivity contribution in [2.45, 2.75) is 52.0 Å². The van der Waals surface area contributed by atoms with Crippen LogP contribution in [0.25, 0.3) is 0 Å².